The van der Waals surface area contributed by atoms with Crippen LogP contribution in [0.4, 0.5) is 5.00 Å². The molecule has 1 aromatic carbocycles. The van der Waals surface area contributed by atoms with Crippen molar-refractivity contribution in [2.24, 2.45) is 0 Å². The van der Waals surface area contributed by atoms with Gasteiger partial charge in [-0.1, -0.05) is 24.6 Å². The minimum absolute atomic E-state index is 0.841. The van der Waals surface area contributed by atoms with Crippen molar-refractivity contribution in [3.63, 3.8) is 0 Å². The van der Waals surface area contributed by atoms with E-state index in [0.717, 1.165) is 28.5 Å². The quantitative estimate of drug-likeness (QED) is 0.895. The van der Waals surface area contributed by atoms with Gasteiger partial charge < -0.3 is 5.73 Å². The van der Waals surface area contributed by atoms with E-state index in [1.807, 2.05) is 0 Å². The van der Waals surface area contributed by atoms with Gasteiger partial charge in [0.2, 0.25) is 0 Å². The largest absolute Gasteiger partial charge is 0.389 e. The fraction of sp³-hybridized carbons (Fsp3) is 0.400. The summed E-state index contributed by atoms with van der Waals surface area (Å²) in [6.45, 7) is 8.55. The molecule has 0 amide bonds. The normalized spacial score (nSPS) is 10.9. The second-order valence-electron chi connectivity index (χ2n) is 4.84. The Morgan fingerprint density at radius 3 is 2.33 bits per heavy atom. The number of hydrogen-bond acceptors (Lipinski definition) is 3. The van der Waals surface area contributed by atoms with Gasteiger partial charge in [0.1, 0.15) is 10.7 Å². The van der Waals surface area contributed by atoms with E-state index in [9.17, 15) is 0 Å². The Balaban J connectivity index is 2.55. The number of aromatic nitrogens is 1. The Kier molecular flexibility index (Phi) is 3.71. The van der Waals surface area contributed by atoms with Crippen LogP contribution in [0, 0.1) is 20.8 Å². The number of nitrogen functional groups attached to an aromatic ring is 1. The highest BCUT2D eigenvalue weighted by atomic mass is 32.1. The molecule has 1 heterocycles. The molecule has 1 aromatic heterocycles. The van der Waals surface area contributed by atoms with Crippen LogP contribution in [-0.4, -0.2) is 4.98 Å². The Morgan fingerprint density at radius 2 is 1.78 bits per heavy atom. The number of rotatable bonds is 3. The third kappa shape index (κ3) is 2.41. The minimum atomic E-state index is 0.841. The fourth-order valence-electron chi connectivity index (χ4n) is 2.43. The lowest BCUT2D eigenvalue weighted by Gasteiger charge is -2.09. The minimum Gasteiger partial charge on any atom is -0.389 e. The standard InChI is InChI=1S/C15H20N2S/c1-5-6-12-17-14(15(16)18-12)13-10(3)7-9(2)8-11(13)4/h7-8H,5-6,16H2,1-4H3. The third-order valence-corrected chi connectivity index (χ3v) is 4.02. The van der Waals surface area contributed by atoms with Crippen molar-refractivity contribution in [1.29, 1.82) is 0 Å². The first-order valence-corrected chi connectivity index (χ1v) is 7.18. The van der Waals surface area contributed by atoms with Gasteiger partial charge in [-0.15, -0.1) is 11.3 Å². The summed E-state index contributed by atoms with van der Waals surface area (Å²) < 4.78 is 0. The summed E-state index contributed by atoms with van der Waals surface area (Å²) in [7, 11) is 0. The van der Waals surface area contributed by atoms with Gasteiger partial charge >= 0.3 is 0 Å². The third-order valence-electron chi connectivity index (χ3n) is 3.08. The molecule has 0 aliphatic carbocycles. The molecule has 2 rings (SSSR count). The van der Waals surface area contributed by atoms with E-state index in [4.69, 9.17) is 10.7 Å². The topological polar surface area (TPSA) is 38.9 Å². The summed E-state index contributed by atoms with van der Waals surface area (Å²) in [5.41, 5.74) is 12.1. The number of aryl methyl sites for hydroxylation is 4. The van der Waals surface area contributed by atoms with E-state index in [-0.39, 0.29) is 0 Å². The van der Waals surface area contributed by atoms with Gasteiger partial charge in [-0.25, -0.2) is 4.98 Å². The molecule has 0 saturated carbocycles. The first kappa shape index (κ1) is 13.1. The molecule has 0 aliphatic heterocycles. The lowest BCUT2D eigenvalue weighted by molar-refractivity contribution is 0.909. The lowest BCUT2D eigenvalue weighted by Crippen LogP contribution is -1.94. The summed E-state index contributed by atoms with van der Waals surface area (Å²) in [6, 6.07) is 4.39. The number of hydrogen-bond donors (Lipinski definition) is 1. The molecule has 0 saturated heterocycles. The summed E-state index contributed by atoms with van der Waals surface area (Å²) in [6.07, 6.45) is 2.12. The Morgan fingerprint density at radius 1 is 1.17 bits per heavy atom. The number of benzene rings is 1. The van der Waals surface area contributed by atoms with Crippen LogP contribution in [0.3, 0.4) is 0 Å². The maximum atomic E-state index is 6.14. The second kappa shape index (κ2) is 5.11. The zero-order valence-corrected chi connectivity index (χ0v) is 12.3. The smallest absolute Gasteiger partial charge is 0.114 e. The molecular formula is C15H20N2S. The maximum Gasteiger partial charge on any atom is 0.114 e. The number of nitrogens with zero attached hydrogens (tertiary/aromatic N) is 1. The molecule has 0 aliphatic rings. The van der Waals surface area contributed by atoms with Crippen LogP contribution < -0.4 is 5.73 Å². The van der Waals surface area contributed by atoms with Crippen molar-refractivity contribution >= 4 is 16.3 Å². The molecule has 2 nitrogen and oxygen atoms in total. The lowest BCUT2D eigenvalue weighted by atomic mass is 9.97. The Bertz CT molecular complexity index is 547. The summed E-state index contributed by atoms with van der Waals surface area (Å²) in [5, 5.41) is 1.98. The van der Waals surface area contributed by atoms with E-state index < -0.39 is 0 Å². The molecule has 0 radical (unpaired) electrons. The van der Waals surface area contributed by atoms with Crippen molar-refractivity contribution in [3.05, 3.63) is 33.8 Å². The van der Waals surface area contributed by atoms with E-state index in [2.05, 4.69) is 39.8 Å². The van der Waals surface area contributed by atoms with Gasteiger partial charge in [0.05, 0.1) is 5.01 Å². The highest BCUT2D eigenvalue weighted by Crippen LogP contribution is 2.35. The van der Waals surface area contributed by atoms with Gasteiger partial charge in [-0.2, -0.15) is 0 Å². The summed E-state index contributed by atoms with van der Waals surface area (Å²) in [4.78, 5) is 4.71. The van der Waals surface area contributed by atoms with Crippen LogP contribution in [0.25, 0.3) is 11.3 Å². The molecule has 0 atom stereocenters. The Hall–Kier alpha value is -1.35. The van der Waals surface area contributed by atoms with E-state index in [1.165, 1.54) is 22.3 Å². The molecule has 2 aromatic rings. The van der Waals surface area contributed by atoms with E-state index >= 15 is 0 Å². The predicted octanol–water partition coefficient (Wildman–Crippen LogP) is 4.27. The molecule has 3 heteroatoms. The van der Waals surface area contributed by atoms with Crippen LogP contribution in [0.2, 0.25) is 0 Å². The van der Waals surface area contributed by atoms with Crippen molar-refractivity contribution < 1.29 is 0 Å². The molecular weight excluding hydrogens is 240 g/mol. The molecule has 0 unspecified atom stereocenters. The van der Waals surface area contributed by atoms with Gasteiger partial charge in [0.15, 0.2) is 0 Å². The van der Waals surface area contributed by atoms with Gasteiger partial charge in [0.25, 0.3) is 0 Å². The van der Waals surface area contributed by atoms with Crippen LogP contribution in [-0.2, 0) is 6.42 Å². The van der Waals surface area contributed by atoms with Crippen LogP contribution in [0.15, 0.2) is 12.1 Å². The van der Waals surface area contributed by atoms with E-state index in [0.29, 0.717) is 0 Å². The number of anilines is 1. The highest BCUT2D eigenvalue weighted by Gasteiger charge is 2.14. The van der Waals surface area contributed by atoms with Crippen LogP contribution in [0.1, 0.15) is 35.0 Å². The molecule has 0 bridgehead atoms. The molecule has 0 fully saturated rings. The van der Waals surface area contributed by atoms with Crippen molar-refractivity contribution in [2.75, 3.05) is 5.73 Å². The zero-order valence-electron chi connectivity index (χ0n) is 11.5. The van der Waals surface area contributed by atoms with Crippen LogP contribution in [0.5, 0.6) is 0 Å². The SMILES string of the molecule is CCCc1nc(-c2c(C)cc(C)cc2C)c(N)s1. The maximum absolute atomic E-state index is 6.14. The summed E-state index contributed by atoms with van der Waals surface area (Å²) in [5.74, 6) is 0. The molecule has 96 valence electrons. The molecule has 2 N–H and O–H groups in total. The van der Waals surface area contributed by atoms with Gasteiger partial charge in [0, 0.05) is 5.56 Å². The number of nitrogens with two attached hydrogens (primary N) is 1. The number of thiazole rings is 1. The average Bonchev–Trinajstić information content (AvgIpc) is 2.59. The van der Waals surface area contributed by atoms with Crippen molar-refractivity contribution in [1.82, 2.24) is 4.98 Å². The first-order chi connectivity index (χ1) is 8.52. The summed E-state index contributed by atoms with van der Waals surface area (Å²) >= 11 is 1.62. The van der Waals surface area contributed by atoms with Gasteiger partial charge in [-0.3, -0.25) is 0 Å². The van der Waals surface area contributed by atoms with E-state index in [1.54, 1.807) is 11.3 Å². The van der Waals surface area contributed by atoms with Gasteiger partial charge in [-0.05, 0) is 44.7 Å². The zero-order chi connectivity index (χ0) is 13.3. The highest BCUT2D eigenvalue weighted by molar-refractivity contribution is 7.16. The first-order valence-electron chi connectivity index (χ1n) is 6.36. The Labute approximate surface area is 113 Å². The monoisotopic (exact) mass is 260 g/mol. The molecule has 0 spiro atoms. The second-order valence-corrected chi connectivity index (χ2v) is 5.96. The average molecular weight is 260 g/mol. The predicted molar refractivity (Wildman–Crippen MR) is 80.2 cm³/mol. The van der Waals surface area contributed by atoms with Crippen LogP contribution >= 0.6 is 11.3 Å². The fourth-order valence-corrected chi connectivity index (χ4v) is 3.37. The molecule has 18 heavy (non-hydrogen) atoms. The van der Waals surface area contributed by atoms with Crippen molar-refractivity contribution in [3.8, 4) is 11.3 Å². The van der Waals surface area contributed by atoms with Crippen molar-refractivity contribution in [2.45, 2.75) is 40.5 Å².